The number of phenols is 3. The van der Waals surface area contributed by atoms with E-state index in [1.807, 2.05) is 0 Å². The Labute approximate surface area is 240 Å². The Hall–Kier alpha value is -5.91. The van der Waals surface area contributed by atoms with Crippen molar-refractivity contribution in [2.75, 3.05) is 21.3 Å². The van der Waals surface area contributed by atoms with E-state index < -0.39 is 17.9 Å². The molecule has 42 heavy (non-hydrogen) atoms. The van der Waals surface area contributed by atoms with Gasteiger partial charge in [-0.15, -0.1) is 0 Å². The van der Waals surface area contributed by atoms with Crippen LogP contribution in [0.1, 0.15) is 16.7 Å². The topological polar surface area (TPSA) is 200 Å². The molecule has 0 bridgehead atoms. The first-order valence-corrected chi connectivity index (χ1v) is 11.7. The first-order chi connectivity index (χ1) is 19.9. The first-order valence-electron chi connectivity index (χ1n) is 11.7. The predicted molar refractivity (Wildman–Crippen MR) is 154 cm³/mol. The van der Waals surface area contributed by atoms with Crippen molar-refractivity contribution in [3.8, 4) is 34.5 Å². The van der Waals surface area contributed by atoms with Crippen LogP contribution >= 0.6 is 0 Å². The molecule has 0 heterocycles. The Morgan fingerprint density at radius 1 is 0.548 bits per heavy atom. The summed E-state index contributed by atoms with van der Waals surface area (Å²) >= 11 is 0. The number of ether oxygens (including phenoxy) is 3. The molecule has 3 aromatic rings. The molecule has 12 heteroatoms. The van der Waals surface area contributed by atoms with Crippen molar-refractivity contribution >= 4 is 36.1 Å². The normalized spacial score (nSPS) is 10.4. The smallest absolute Gasteiger partial charge is 0.328 e. The SMILES string of the molecule is COc1cc(/C=C/C(=O)O)cc(OC)c1O.COc1cc(/C=C/C(=O)O)ccc1O.O=C(O)/C=C/c1ccc(O)cc1. The van der Waals surface area contributed by atoms with Crippen molar-refractivity contribution in [3.63, 3.8) is 0 Å². The number of carboxylic acid groups (broad SMARTS) is 3. The number of carboxylic acids is 3. The van der Waals surface area contributed by atoms with E-state index in [2.05, 4.69) is 0 Å². The number of aliphatic carboxylic acids is 3. The van der Waals surface area contributed by atoms with Gasteiger partial charge in [-0.05, 0) is 71.3 Å². The van der Waals surface area contributed by atoms with Crippen LogP contribution in [-0.4, -0.2) is 69.9 Å². The van der Waals surface area contributed by atoms with Crippen molar-refractivity contribution in [1.82, 2.24) is 0 Å². The van der Waals surface area contributed by atoms with Gasteiger partial charge < -0.3 is 44.8 Å². The minimum absolute atomic E-state index is 0.0278. The number of methoxy groups -OCH3 is 3. The maximum Gasteiger partial charge on any atom is 0.328 e. The van der Waals surface area contributed by atoms with Gasteiger partial charge in [0.2, 0.25) is 5.75 Å². The molecule has 0 aromatic heterocycles. The van der Waals surface area contributed by atoms with Gasteiger partial charge in [0, 0.05) is 18.2 Å². The van der Waals surface area contributed by atoms with E-state index in [0.717, 1.165) is 23.8 Å². The molecule has 0 atom stereocenters. The summed E-state index contributed by atoms with van der Waals surface area (Å²) in [6, 6.07) is 13.9. The second-order valence-corrected chi connectivity index (χ2v) is 7.81. The Morgan fingerprint density at radius 3 is 1.36 bits per heavy atom. The lowest BCUT2D eigenvalue weighted by Crippen LogP contribution is -1.91. The highest BCUT2D eigenvalue weighted by Gasteiger charge is 2.09. The van der Waals surface area contributed by atoms with Crippen LogP contribution in [0.25, 0.3) is 18.2 Å². The maximum absolute atomic E-state index is 10.3. The third kappa shape index (κ3) is 12.8. The molecular weight excluding hydrogens is 552 g/mol. The quantitative estimate of drug-likeness (QED) is 0.193. The maximum atomic E-state index is 10.3. The summed E-state index contributed by atoms with van der Waals surface area (Å²) in [6.07, 6.45) is 7.32. The van der Waals surface area contributed by atoms with Gasteiger partial charge in [0.25, 0.3) is 0 Å². The van der Waals surface area contributed by atoms with Gasteiger partial charge in [0.15, 0.2) is 23.0 Å². The monoisotopic (exact) mass is 582 g/mol. The van der Waals surface area contributed by atoms with Gasteiger partial charge >= 0.3 is 17.9 Å². The molecule has 0 aliphatic heterocycles. The lowest BCUT2D eigenvalue weighted by atomic mass is 10.1. The predicted octanol–water partition coefficient (Wildman–Crippen LogP) is 4.50. The van der Waals surface area contributed by atoms with Gasteiger partial charge in [-0.3, -0.25) is 0 Å². The molecule has 0 radical (unpaired) electrons. The number of benzene rings is 3. The van der Waals surface area contributed by atoms with Gasteiger partial charge in [0.05, 0.1) is 21.3 Å². The molecule has 0 saturated carbocycles. The van der Waals surface area contributed by atoms with Crippen LogP contribution in [0.5, 0.6) is 34.5 Å². The fraction of sp³-hybridized carbons (Fsp3) is 0.100. The van der Waals surface area contributed by atoms with Gasteiger partial charge in [-0.1, -0.05) is 18.2 Å². The molecule has 3 aromatic carbocycles. The number of carbonyl (C=O) groups is 3. The lowest BCUT2D eigenvalue weighted by molar-refractivity contribution is -0.132. The summed E-state index contributed by atoms with van der Waals surface area (Å²) in [7, 11) is 4.23. The van der Waals surface area contributed by atoms with Crippen molar-refractivity contribution in [1.29, 1.82) is 0 Å². The van der Waals surface area contributed by atoms with Crippen LogP contribution < -0.4 is 14.2 Å². The third-order valence-electron chi connectivity index (χ3n) is 4.85. The van der Waals surface area contributed by atoms with Crippen LogP contribution in [0.4, 0.5) is 0 Å². The first kappa shape index (κ1) is 34.1. The van der Waals surface area contributed by atoms with Crippen LogP contribution in [-0.2, 0) is 14.4 Å². The Balaban J connectivity index is 0.000000318. The molecule has 0 amide bonds. The summed E-state index contributed by atoms with van der Waals surface area (Å²) in [5.41, 5.74) is 1.96. The second-order valence-electron chi connectivity index (χ2n) is 7.81. The highest BCUT2D eigenvalue weighted by molar-refractivity contribution is 5.86. The number of hydrogen-bond donors (Lipinski definition) is 6. The summed E-state index contributed by atoms with van der Waals surface area (Å²) < 4.78 is 14.7. The molecule has 0 unspecified atom stereocenters. The second kappa shape index (κ2) is 17.6. The molecule has 0 saturated heterocycles. The number of phenolic OH excluding ortho intramolecular Hbond substituents is 3. The average Bonchev–Trinajstić information content (AvgIpc) is 2.96. The highest BCUT2D eigenvalue weighted by atomic mass is 16.5. The minimum atomic E-state index is -1.05. The zero-order valence-corrected chi connectivity index (χ0v) is 22.8. The summed E-state index contributed by atoms with van der Waals surface area (Å²) in [5, 5.41) is 52.9. The zero-order valence-electron chi connectivity index (χ0n) is 22.8. The van der Waals surface area contributed by atoms with Crippen molar-refractivity contribution in [2.45, 2.75) is 0 Å². The molecule has 3 rings (SSSR count). The van der Waals surface area contributed by atoms with E-state index in [9.17, 15) is 24.6 Å². The zero-order chi connectivity index (χ0) is 31.7. The van der Waals surface area contributed by atoms with Crippen molar-refractivity contribution < 1.29 is 59.2 Å². The number of hydrogen-bond acceptors (Lipinski definition) is 9. The van der Waals surface area contributed by atoms with Gasteiger partial charge in [-0.25, -0.2) is 14.4 Å². The standard InChI is InChI=1S/C11H12O5.C10H10O4.C9H8O3/c1-15-8-5-7(3-4-10(12)13)6-9(16-2)11(8)14;1-14-9-6-7(2-4-8(9)11)3-5-10(12)13;10-8-4-1-7(2-5-8)3-6-9(11)12/h3-6,14H,1-2H3,(H,12,13);2-6,11H,1H3,(H,12,13);1-6,10H,(H,11,12)/b4-3+;5-3+;6-3+. The van der Waals surface area contributed by atoms with Gasteiger partial charge in [0.1, 0.15) is 5.75 Å². The van der Waals surface area contributed by atoms with E-state index in [4.69, 9.17) is 34.6 Å². The van der Waals surface area contributed by atoms with E-state index in [1.165, 1.54) is 69.9 Å². The van der Waals surface area contributed by atoms with Crippen molar-refractivity contribution in [2.24, 2.45) is 0 Å². The van der Waals surface area contributed by atoms with Crippen LogP contribution in [0.3, 0.4) is 0 Å². The van der Waals surface area contributed by atoms with E-state index in [1.54, 1.807) is 24.3 Å². The molecule has 12 nitrogen and oxygen atoms in total. The average molecular weight is 583 g/mol. The van der Waals surface area contributed by atoms with Crippen molar-refractivity contribution in [3.05, 3.63) is 89.5 Å². The van der Waals surface area contributed by atoms with E-state index >= 15 is 0 Å². The Kier molecular flexibility index (Phi) is 14.3. The van der Waals surface area contributed by atoms with Gasteiger partial charge in [-0.2, -0.15) is 0 Å². The molecule has 0 aliphatic rings. The van der Waals surface area contributed by atoms with Crippen LogP contribution in [0.15, 0.2) is 72.8 Å². The fourth-order valence-corrected chi connectivity index (χ4v) is 2.90. The Morgan fingerprint density at radius 2 is 0.929 bits per heavy atom. The molecule has 6 N–H and O–H groups in total. The minimum Gasteiger partial charge on any atom is -0.508 e. The molecule has 0 aliphatic carbocycles. The molecule has 0 spiro atoms. The van der Waals surface area contributed by atoms with E-state index in [-0.39, 0.29) is 28.7 Å². The number of rotatable bonds is 9. The summed E-state index contributed by atoms with van der Waals surface area (Å²) in [4.78, 5) is 30.7. The van der Waals surface area contributed by atoms with E-state index in [0.29, 0.717) is 16.9 Å². The summed E-state index contributed by atoms with van der Waals surface area (Å²) in [5.74, 6) is -2.20. The fourth-order valence-electron chi connectivity index (χ4n) is 2.90. The van der Waals surface area contributed by atoms with Crippen LogP contribution in [0, 0.1) is 0 Å². The third-order valence-corrected chi connectivity index (χ3v) is 4.85. The molecule has 0 fully saturated rings. The molecule has 222 valence electrons. The largest absolute Gasteiger partial charge is 0.508 e. The molecular formula is C30H30O12. The number of aromatic hydroxyl groups is 3. The highest BCUT2D eigenvalue weighted by Crippen LogP contribution is 2.37. The lowest BCUT2D eigenvalue weighted by Gasteiger charge is -2.09. The summed E-state index contributed by atoms with van der Waals surface area (Å²) in [6.45, 7) is 0. The Bertz CT molecular complexity index is 1410. The van der Waals surface area contributed by atoms with Crippen LogP contribution in [0.2, 0.25) is 0 Å².